The lowest BCUT2D eigenvalue weighted by Crippen LogP contribution is -2.17. The number of nitrogens with zero attached hydrogens (tertiary/aromatic N) is 1. The van der Waals surface area contributed by atoms with Crippen molar-refractivity contribution in [3.63, 3.8) is 0 Å². The molecule has 0 bridgehead atoms. The molecule has 3 rings (SSSR count). The molecule has 4 nitrogen and oxygen atoms in total. The Kier molecular flexibility index (Phi) is 3.32. The van der Waals surface area contributed by atoms with E-state index in [1.807, 2.05) is 44.2 Å². The zero-order valence-corrected chi connectivity index (χ0v) is 11.7. The monoisotopic (exact) mass is 270 g/mol. The van der Waals surface area contributed by atoms with E-state index in [0.29, 0.717) is 13.2 Å². The lowest BCUT2D eigenvalue weighted by atomic mass is 9.98. The zero-order chi connectivity index (χ0) is 14.1. The summed E-state index contributed by atoms with van der Waals surface area (Å²) in [5.41, 5.74) is 10.4. The van der Waals surface area contributed by atoms with Crippen molar-refractivity contribution in [3.05, 3.63) is 52.8 Å². The van der Waals surface area contributed by atoms with Crippen molar-refractivity contribution in [2.45, 2.75) is 19.9 Å². The first-order valence-corrected chi connectivity index (χ1v) is 6.74. The van der Waals surface area contributed by atoms with Crippen LogP contribution in [0.25, 0.3) is 0 Å². The van der Waals surface area contributed by atoms with Gasteiger partial charge in [-0.15, -0.1) is 0 Å². The minimum Gasteiger partial charge on any atom is -0.486 e. The van der Waals surface area contributed by atoms with Gasteiger partial charge in [-0.3, -0.25) is 4.98 Å². The number of hydrogen-bond donors (Lipinski definition) is 1. The van der Waals surface area contributed by atoms with Gasteiger partial charge in [0.25, 0.3) is 0 Å². The van der Waals surface area contributed by atoms with Crippen LogP contribution in [0.5, 0.6) is 11.5 Å². The molecule has 0 fully saturated rings. The van der Waals surface area contributed by atoms with Gasteiger partial charge in [0.1, 0.15) is 13.2 Å². The number of rotatable bonds is 2. The molecular weight excluding hydrogens is 252 g/mol. The fourth-order valence-electron chi connectivity index (χ4n) is 2.49. The maximum atomic E-state index is 6.36. The van der Waals surface area contributed by atoms with E-state index in [0.717, 1.165) is 34.0 Å². The lowest BCUT2D eigenvalue weighted by molar-refractivity contribution is 0.171. The molecule has 4 heteroatoms. The van der Waals surface area contributed by atoms with E-state index in [9.17, 15) is 0 Å². The molecule has 1 aliphatic heterocycles. The number of aromatic nitrogens is 1. The largest absolute Gasteiger partial charge is 0.486 e. The van der Waals surface area contributed by atoms with Crippen LogP contribution in [0.15, 0.2) is 30.3 Å². The topological polar surface area (TPSA) is 57.4 Å². The molecule has 0 saturated heterocycles. The van der Waals surface area contributed by atoms with Crippen molar-refractivity contribution in [3.8, 4) is 11.5 Å². The van der Waals surface area contributed by atoms with E-state index < -0.39 is 0 Å². The number of aryl methyl sites for hydroxylation is 2. The highest BCUT2D eigenvalue weighted by atomic mass is 16.6. The summed E-state index contributed by atoms with van der Waals surface area (Å²) < 4.78 is 11.1. The Balaban J connectivity index is 1.95. The van der Waals surface area contributed by atoms with Gasteiger partial charge in [-0.25, -0.2) is 0 Å². The molecule has 104 valence electrons. The number of benzene rings is 1. The maximum Gasteiger partial charge on any atom is 0.161 e. The zero-order valence-electron chi connectivity index (χ0n) is 11.7. The summed E-state index contributed by atoms with van der Waals surface area (Å²) in [6, 6.07) is 9.73. The van der Waals surface area contributed by atoms with Crippen molar-refractivity contribution in [2.75, 3.05) is 13.2 Å². The molecule has 1 aromatic carbocycles. The van der Waals surface area contributed by atoms with Gasteiger partial charge in [0, 0.05) is 11.4 Å². The van der Waals surface area contributed by atoms with E-state index in [1.165, 1.54) is 0 Å². The normalized spacial score (nSPS) is 14.9. The van der Waals surface area contributed by atoms with E-state index in [2.05, 4.69) is 4.98 Å². The third kappa shape index (κ3) is 2.47. The van der Waals surface area contributed by atoms with Gasteiger partial charge in [-0.2, -0.15) is 0 Å². The summed E-state index contributed by atoms with van der Waals surface area (Å²) in [5.74, 6) is 1.56. The van der Waals surface area contributed by atoms with Crippen LogP contribution in [0.4, 0.5) is 0 Å². The average Bonchev–Trinajstić information content (AvgIpc) is 2.45. The Bertz CT molecular complexity index is 620. The molecule has 2 N–H and O–H groups in total. The molecule has 0 amide bonds. The first-order valence-electron chi connectivity index (χ1n) is 6.74. The maximum absolute atomic E-state index is 6.36. The molecule has 0 aliphatic carbocycles. The van der Waals surface area contributed by atoms with Crippen LogP contribution < -0.4 is 15.2 Å². The molecule has 1 aromatic heterocycles. The molecule has 20 heavy (non-hydrogen) atoms. The third-order valence-electron chi connectivity index (χ3n) is 3.39. The second-order valence-corrected chi connectivity index (χ2v) is 5.06. The summed E-state index contributed by atoms with van der Waals surface area (Å²) in [5, 5.41) is 0. The van der Waals surface area contributed by atoms with Crippen LogP contribution >= 0.6 is 0 Å². The van der Waals surface area contributed by atoms with Crippen LogP contribution in [-0.2, 0) is 0 Å². The molecule has 2 heterocycles. The highest BCUT2D eigenvalue weighted by Crippen LogP contribution is 2.33. The second kappa shape index (κ2) is 5.13. The SMILES string of the molecule is Cc1cc(C(N)c2ccc3c(c2)OCCO3)cc(C)n1. The van der Waals surface area contributed by atoms with Crippen LogP contribution in [0.1, 0.15) is 28.6 Å². The smallest absolute Gasteiger partial charge is 0.161 e. The molecule has 0 radical (unpaired) electrons. The summed E-state index contributed by atoms with van der Waals surface area (Å²) in [7, 11) is 0. The van der Waals surface area contributed by atoms with E-state index in [-0.39, 0.29) is 6.04 Å². The van der Waals surface area contributed by atoms with Gasteiger partial charge in [-0.1, -0.05) is 6.07 Å². The highest BCUT2D eigenvalue weighted by molar-refractivity contribution is 5.46. The number of ether oxygens (including phenoxy) is 2. The van der Waals surface area contributed by atoms with Crippen molar-refractivity contribution in [1.29, 1.82) is 0 Å². The highest BCUT2D eigenvalue weighted by Gasteiger charge is 2.16. The summed E-state index contributed by atoms with van der Waals surface area (Å²) >= 11 is 0. The van der Waals surface area contributed by atoms with Gasteiger partial charge in [-0.05, 0) is 49.2 Å². The van der Waals surface area contributed by atoms with Crippen molar-refractivity contribution in [1.82, 2.24) is 4.98 Å². The molecule has 0 saturated carbocycles. The first-order chi connectivity index (χ1) is 9.63. The van der Waals surface area contributed by atoms with E-state index in [4.69, 9.17) is 15.2 Å². The number of fused-ring (bicyclic) bond motifs is 1. The molecule has 2 aromatic rings. The number of nitrogens with two attached hydrogens (primary N) is 1. The fourth-order valence-corrected chi connectivity index (χ4v) is 2.49. The Labute approximate surface area is 118 Å². The standard InChI is InChI=1S/C16H18N2O2/c1-10-7-13(8-11(2)18-10)16(17)12-3-4-14-15(9-12)20-6-5-19-14/h3-4,7-9,16H,5-6,17H2,1-2H3. The van der Waals surface area contributed by atoms with Gasteiger partial charge in [0.05, 0.1) is 6.04 Å². The van der Waals surface area contributed by atoms with Crippen molar-refractivity contribution in [2.24, 2.45) is 5.73 Å². The minimum atomic E-state index is -0.189. The summed E-state index contributed by atoms with van der Waals surface area (Å²) in [6.07, 6.45) is 0. The number of pyridine rings is 1. The Morgan fingerprint density at radius 1 is 0.950 bits per heavy atom. The quantitative estimate of drug-likeness (QED) is 0.911. The Morgan fingerprint density at radius 2 is 1.60 bits per heavy atom. The molecular formula is C16H18N2O2. The molecule has 0 spiro atoms. The van der Waals surface area contributed by atoms with Gasteiger partial charge in [0.15, 0.2) is 11.5 Å². The van der Waals surface area contributed by atoms with E-state index >= 15 is 0 Å². The minimum absolute atomic E-state index is 0.189. The van der Waals surface area contributed by atoms with Crippen LogP contribution in [-0.4, -0.2) is 18.2 Å². The Hall–Kier alpha value is -2.07. The van der Waals surface area contributed by atoms with Crippen molar-refractivity contribution >= 4 is 0 Å². The van der Waals surface area contributed by atoms with Crippen LogP contribution in [0.2, 0.25) is 0 Å². The fraction of sp³-hybridized carbons (Fsp3) is 0.312. The van der Waals surface area contributed by atoms with Gasteiger partial charge < -0.3 is 15.2 Å². The Morgan fingerprint density at radius 3 is 2.30 bits per heavy atom. The predicted molar refractivity (Wildman–Crippen MR) is 77.2 cm³/mol. The third-order valence-corrected chi connectivity index (χ3v) is 3.39. The molecule has 1 atom stereocenters. The predicted octanol–water partition coefficient (Wildman–Crippen LogP) is 2.52. The van der Waals surface area contributed by atoms with Crippen molar-refractivity contribution < 1.29 is 9.47 Å². The molecule has 1 unspecified atom stereocenters. The number of hydrogen-bond acceptors (Lipinski definition) is 4. The van der Waals surface area contributed by atoms with Gasteiger partial charge in [0.2, 0.25) is 0 Å². The summed E-state index contributed by atoms with van der Waals surface area (Å²) in [6.45, 7) is 5.14. The average molecular weight is 270 g/mol. The first kappa shape index (κ1) is 12.9. The lowest BCUT2D eigenvalue weighted by Gasteiger charge is -2.21. The second-order valence-electron chi connectivity index (χ2n) is 5.06. The van der Waals surface area contributed by atoms with Gasteiger partial charge >= 0.3 is 0 Å². The van der Waals surface area contributed by atoms with Crippen LogP contribution in [0.3, 0.4) is 0 Å². The molecule has 1 aliphatic rings. The summed E-state index contributed by atoms with van der Waals surface area (Å²) in [4.78, 5) is 4.38. The van der Waals surface area contributed by atoms with Crippen LogP contribution in [0, 0.1) is 13.8 Å². The van der Waals surface area contributed by atoms with E-state index in [1.54, 1.807) is 0 Å².